The van der Waals surface area contributed by atoms with Crippen LogP contribution in [-0.2, 0) is 12.8 Å². The van der Waals surface area contributed by atoms with E-state index in [-0.39, 0.29) is 5.56 Å². The van der Waals surface area contributed by atoms with Gasteiger partial charge in [0.15, 0.2) is 0 Å². The number of aryl methyl sites for hydroxylation is 3. The smallest absolute Gasteiger partial charge is 0.267 e. The van der Waals surface area contributed by atoms with Crippen LogP contribution in [0.25, 0.3) is 5.69 Å². The molecule has 1 aromatic carbocycles. The molecule has 0 radical (unpaired) electrons. The molecule has 0 N–H and O–H groups in total. The first-order valence-electron chi connectivity index (χ1n) is 6.54. The van der Waals surface area contributed by atoms with Gasteiger partial charge in [0, 0.05) is 11.1 Å². The maximum absolute atomic E-state index is 12.2. The minimum Gasteiger partial charge on any atom is -0.267 e. The molecule has 0 aliphatic heterocycles. The zero-order valence-corrected chi connectivity index (χ0v) is 11.6. The number of nitrogens with zero attached hydrogens (tertiary/aromatic N) is 2. The van der Waals surface area contributed by atoms with Gasteiger partial charge in [-0.25, -0.2) is 0 Å². The van der Waals surface area contributed by atoms with Crippen LogP contribution in [0.15, 0.2) is 29.1 Å². The molecule has 1 aromatic heterocycles. The van der Waals surface area contributed by atoms with Crippen LogP contribution < -0.4 is 5.56 Å². The molecule has 3 nitrogen and oxygen atoms in total. The van der Waals surface area contributed by atoms with Crippen LogP contribution >= 0.6 is 11.6 Å². The highest BCUT2D eigenvalue weighted by Gasteiger charge is 2.14. The summed E-state index contributed by atoms with van der Waals surface area (Å²) < 4.78 is 1.50. The summed E-state index contributed by atoms with van der Waals surface area (Å²) in [5.74, 6) is 0. The first-order valence-corrected chi connectivity index (χ1v) is 6.91. The lowest BCUT2D eigenvalue weighted by Crippen LogP contribution is -2.25. The van der Waals surface area contributed by atoms with E-state index in [1.807, 2.05) is 19.1 Å². The molecule has 0 unspecified atom stereocenters. The molecule has 0 bridgehead atoms. The van der Waals surface area contributed by atoms with Crippen LogP contribution in [0.1, 0.15) is 29.7 Å². The van der Waals surface area contributed by atoms with Crippen molar-refractivity contribution in [3.05, 3.63) is 56.5 Å². The molecule has 0 saturated carbocycles. The predicted molar refractivity (Wildman–Crippen MR) is 76.2 cm³/mol. The highest BCUT2D eigenvalue weighted by molar-refractivity contribution is 6.30. The second-order valence-electron chi connectivity index (χ2n) is 5.00. The molecule has 0 fully saturated rings. The van der Waals surface area contributed by atoms with Gasteiger partial charge >= 0.3 is 0 Å². The average molecular weight is 275 g/mol. The summed E-state index contributed by atoms with van der Waals surface area (Å²) in [6, 6.07) is 7.22. The molecule has 0 amide bonds. The highest BCUT2D eigenvalue weighted by Crippen LogP contribution is 2.20. The third-order valence-corrected chi connectivity index (χ3v) is 3.83. The Hall–Kier alpha value is -1.61. The molecular formula is C15H15ClN2O. The molecule has 0 atom stereocenters. The summed E-state index contributed by atoms with van der Waals surface area (Å²) in [4.78, 5) is 12.2. The maximum atomic E-state index is 12.2. The molecule has 1 heterocycles. The van der Waals surface area contributed by atoms with Crippen LogP contribution in [-0.4, -0.2) is 9.78 Å². The molecule has 1 aliphatic rings. The number of hydrogen-bond donors (Lipinski definition) is 0. The van der Waals surface area contributed by atoms with E-state index in [0.717, 1.165) is 48.2 Å². The first-order chi connectivity index (χ1) is 9.15. The first kappa shape index (κ1) is 12.4. The fourth-order valence-electron chi connectivity index (χ4n) is 2.59. The van der Waals surface area contributed by atoms with Crippen molar-refractivity contribution in [2.75, 3.05) is 0 Å². The number of benzene rings is 1. The summed E-state index contributed by atoms with van der Waals surface area (Å²) in [5, 5.41) is 5.21. The monoisotopic (exact) mass is 274 g/mol. The van der Waals surface area contributed by atoms with Gasteiger partial charge in [-0.1, -0.05) is 11.6 Å². The van der Waals surface area contributed by atoms with Crippen molar-refractivity contribution >= 4 is 11.6 Å². The largest absolute Gasteiger partial charge is 0.271 e. The Morgan fingerprint density at radius 2 is 2.00 bits per heavy atom. The van der Waals surface area contributed by atoms with Gasteiger partial charge in [-0.05, 0) is 61.9 Å². The minimum absolute atomic E-state index is 0.0638. The predicted octanol–water partition coefficient (Wildman–Crippen LogP) is 3.07. The van der Waals surface area contributed by atoms with Gasteiger partial charge in [0.05, 0.1) is 11.4 Å². The normalized spacial score (nSPS) is 14.2. The zero-order chi connectivity index (χ0) is 13.4. The van der Waals surface area contributed by atoms with Crippen molar-refractivity contribution in [3.8, 4) is 5.69 Å². The SMILES string of the molecule is Cc1cc(Cl)ccc1-n1nc2c(cc1=O)CCCC2. The topological polar surface area (TPSA) is 34.9 Å². The van der Waals surface area contributed by atoms with E-state index < -0.39 is 0 Å². The third-order valence-electron chi connectivity index (χ3n) is 3.59. The van der Waals surface area contributed by atoms with Crippen molar-refractivity contribution in [1.82, 2.24) is 9.78 Å². The lowest BCUT2D eigenvalue weighted by molar-refractivity contribution is 0.629. The summed E-state index contributed by atoms with van der Waals surface area (Å²) in [6.45, 7) is 1.94. The van der Waals surface area contributed by atoms with Gasteiger partial charge in [-0.2, -0.15) is 9.78 Å². The van der Waals surface area contributed by atoms with Crippen LogP contribution in [0.2, 0.25) is 5.02 Å². The third kappa shape index (κ3) is 2.30. The number of rotatable bonds is 1. The van der Waals surface area contributed by atoms with E-state index >= 15 is 0 Å². The quantitative estimate of drug-likeness (QED) is 0.801. The van der Waals surface area contributed by atoms with Crippen molar-refractivity contribution in [3.63, 3.8) is 0 Å². The van der Waals surface area contributed by atoms with E-state index in [2.05, 4.69) is 5.10 Å². The Morgan fingerprint density at radius 3 is 2.79 bits per heavy atom. The summed E-state index contributed by atoms with van der Waals surface area (Å²) in [6.07, 6.45) is 4.23. The second kappa shape index (κ2) is 4.82. The van der Waals surface area contributed by atoms with Gasteiger partial charge < -0.3 is 0 Å². The lowest BCUT2D eigenvalue weighted by atomic mass is 9.97. The highest BCUT2D eigenvalue weighted by atomic mass is 35.5. The second-order valence-corrected chi connectivity index (χ2v) is 5.44. The molecule has 0 saturated heterocycles. The van der Waals surface area contributed by atoms with Gasteiger partial charge in [-0.15, -0.1) is 0 Å². The van der Waals surface area contributed by atoms with E-state index in [1.165, 1.54) is 4.68 Å². The number of aromatic nitrogens is 2. The van der Waals surface area contributed by atoms with Gasteiger partial charge in [0.2, 0.25) is 0 Å². The standard InChI is InChI=1S/C15H15ClN2O/c1-10-8-12(16)6-7-14(10)18-15(19)9-11-4-2-3-5-13(11)17-18/h6-9H,2-5H2,1H3. The Labute approximate surface area is 116 Å². The number of fused-ring (bicyclic) bond motifs is 1. The Balaban J connectivity index is 2.17. The van der Waals surface area contributed by atoms with Crippen LogP contribution in [0, 0.1) is 6.92 Å². The summed E-state index contributed by atoms with van der Waals surface area (Å²) in [5.41, 5.74) is 3.87. The zero-order valence-electron chi connectivity index (χ0n) is 10.8. The van der Waals surface area contributed by atoms with Gasteiger partial charge in [0.25, 0.3) is 5.56 Å². The summed E-state index contributed by atoms with van der Waals surface area (Å²) >= 11 is 5.95. The molecular weight excluding hydrogens is 260 g/mol. The maximum Gasteiger partial charge on any atom is 0.271 e. The van der Waals surface area contributed by atoms with E-state index in [1.54, 1.807) is 12.1 Å². The molecule has 4 heteroatoms. The molecule has 1 aliphatic carbocycles. The molecule has 19 heavy (non-hydrogen) atoms. The number of hydrogen-bond acceptors (Lipinski definition) is 2. The molecule has 2 aromatic rings. The fourth-order valence-corrected chi connectivity index (χ4v) is 2.82. The molecule has 3 rings (SSSR count). The number of halogens is 1. The van der Waals surface area contributed by atoms with Crippen LogP contribution in [0.5, 0.6) is 0 Å². The van der Waals surface area contributed by atoms with Crippen LogP contribution in [0.3, 0.4) is 0 Å². The van der Waals surface area contributed by atoms with E-state index in [0.29, 0.717) is 5.02 Å². The Kier molecular flexibility index (Phi) is 3.15. The van der Waals surface area contributed by atoms with Crippen molar-refractivity contribution in [2.24, 2.45) is 0 Å². The van der Waals surface area contributed by atoms with Gasteiger partial charge in [0.1, 0.15) is 0 Å². The minimum atomic E-state index is -0.0638. The van der Waals surface area contributed by atoms with Crippen molar-refractivity contribution in [2.45, 2.75) is 32.6 Å². The van der Waals surface area contributed by atoms with E-state index in [4.69, 9.17) is 11.6 Å². The Morgan fingerprint density at radius 1 is 1.21 bits per heavy atom. The van der Waals surface area contributed by atoms with E-state index in [9.17, 15) is 4.79 Å². The van der Waals surface area contributed by atoms with Crippen molar-refractivity contribution < 1.29 is 0 Å². The fraction of sp³-hybridized carbons (Fsp3) is 0.333. The Bertz CT molecular complexity index is 691. The summed E-state index contributed by atoms with van der Waals surface area (Å²) in [7, 11) is 0. The van der Waals surface area contributed by atoms with Crippen molar-refractivity contribution in [1.29, 1.82) is 0 Å². The average Bonchev–Trinajstić information content (AvgIpc) is 2.38. The molecule has 98 valence electrons. The lowest BCUT2D eigenvalue weighted by Gasteiger charge is -2.16. The molecule has 0 spiro atoms. The van der Waals surface area contributed by atoms with Gasteiger partial charge in [-0.3, -0.25) is 4.79 Å². The van der Waals surface area contributed by atoms with Crippen LogP contribution in [0.4, 0.5) is 0 Å².